The molecule has 6 heteroatoms. The number of halogens is 6. The van der Waals surface area contributed by atoms with E-state index >= 15 is 0 Å². The maximum Gasteiger partial charge on any atom is 0.416 e. The van der Waals surface area contributed by atoms with E-state index < -0.39 is 17.1 Å². The van der Waals surface area contributed by atoms with E-state index in [0.717, 1.165) is 16.1 Å². The lowest BCUT2D eigenvalue weighted by molar-refractivity contribution is -0.138. The lowest BCUT2D eigenvalue weighted by Gasteiger charge is -2.19. The maximum atomic E-state index is 13.1. The van der Waals surface area contributed by atoms with Gasteiger partial charge in [0.25, 0.3) is 0 Å². The van der Waals surface area contributed by atoms with Crippen LogP contribution in [0.5, 0.6) is 0 Å². The molecule has 0 saturated carbocycles. The zero-order valence-corrected chi connectivity index (χ0v) is 14.7. The van der Waals surface area contributed by atoms with Crippen LogP contribution in [0.25, 0.3) is 0 Å². The molecule has 1 atom stereocenters. The molecular formula is C15H10Br2ClF3. The molecule has 0 aromatic heterocycles. The highest BCUT2D eigenvalue weighted by atomic mass is 79.9. The third-order valence-corrected chi connectivity index (χ3v) is 5.10. The molecule has 0 radical (unpaired) electrons. The van der Waals surface area contributed by atoms with E-state index in [1.54, 1.807) is 12.1 Å². The van der Waals surface area contributed by atoms with Crippen LogP contribution >= 0.6 is 43.5 Å². The highest BCUT2D eigenvalue weighted by molar-refractivity contribution is 9.11. The molecule has 1 unspecified atom stereocenters. The molecule has 21 heavy (non-hydrogen) atoms. The normalized spacial score (nSPS) is 13.3. The molecular weight excluding hydrogens is 432 g/mol. The second kappa shape index (κ2) is 6.31. The third-order valence-electron chi connectivity index (χ3n) is 3.09. The van der Waals surface area contributed by atoms with Gasteiger partial charge in [0.2, 0.25) is 0 Å². The highest BCUT2D eigenvalue weighted by Gasteiger charge is 2.35. The van der Waals surface area contributed by atoms with E-state index in [0.29, 0.717) is 10.0 Å². The number of hydrogen-bond acceptors (Lipinski definition) is 0. The van der Waals surface area contributed by atoms with Gasteiger partial charge in [-0.1, -0.05) is 50.1 Å². The molecule has 2 aromatic rings. The van der Waals surface area contributed by atoms with Crippen molar-refractivity contribution in [1.82, 2.24) is 0 Å². The monoisotopic (exact) mass is 440 g/mol. The molecule has 0 heterocycles. The average molecular weight is 443 g/mol. The van der Waals surface area contributed by atoms with E-state index in [2.05, 4.69) is 31.9 Å². The second-order valence-electron chi connectivity index (χ2n) is 4.57. The predicted molar refractivity (Wildman–Crippen MR) is 85.7 cm³/mol. The van der Waals surface area contributed by atoms with Crippen LogP contribution in [-0.2, 0) is 6.18 Å². The molecule has 0 aliphatic heterocycles. The summed E-state index contributed by atoms with van der Waals surface area (Å²) in [5, 5.41) is -0.894. The first kappa shape index (κ1) is 16.8. The van der Waals surface area contributed by atoms with E-state index in [1.807, 2.05) is 13.0 Å². The Labute approximate surface area is 142 Å². The number of aryl methyl sites for hydroxylation is 1. The quantitative estimate of drug-likeness (QED) is 0.446. The first-order valence-corrected chi connectivity index (χ1v) is 7.99. The Morgan fingerprint density at radius 3 is 2.24 bits per heavy atom. The molecule has 0 bridgehead atoms. The summed E-state index contributed by atoms with van der Waals surface area (Å²) in [6, 6.07) is 8.92. The Bertz CT molecular complexity index is 668. The zero-order chi connectivity index (χ0) is 15.8. The van der Waals surface area contributed by atoms with Gasteiger partial charge >= 0.3 is 6.18 Å². The summed E-state index contributed by atoms with van der Waals surface area (Å²) in [7, 11) is 0. The van der Waals surface area contributed by atoms with Gasteiger partial charge in [-0.05, 0) is 41.8 Å². The van der Waals surface area contributed by atoms with Crippen molar-refractivity contribution in [2.24, 2.45) is 0 Å². The summed E-state index contributed by atoms with van der Waals surface area (Å²) in [6.07, 6.45) is -4.43. The molecule has 2 rings (SSSR count). The minimum atomic E-state index is -4.43. The summed E-state index contributed by atoms with van der Waals surface area (Å²) in [4.78, 5) is 0. The third kappa shape index (κ3) is 3.63. The van der Waals surface area contributed by atoms with Crippen molar-refractivity contribution in [3.05, 3.63) is 67.6 Å². The Morgan fingerprint density at radius 2 is 1.62 bits per heavy atom. The first-order chi connectivity index (χ1) is 9.71. The molecule has 112 valence electrons. The predicted octanol–water partition coefficient (Wildman–Crippen LogP) is 6.87. The van der Waals surface area contributed by atoms with Crippen LogP contribution in [0.4, 0.5) is 13.2 Å². The summed E-state index contributed by atoms with van der Waals surface area (Å²) in [5.41, 5.74) is 0.890. The van der Waals surface area contributed by atoms with Crippen molar-refractivity contribution in [1.29, 1.82) is 0 Å². The molecule has 0 aliphatic rings. The van der Waals surface area contributed by atoms with Crippen molar-refractivity contribution in [3.8, 4) is 0 Å². The molecule has 2 aromatic carbocycles. The van der Waals surface area contributed by atoms with Gasteiger partial charge in [-0.25, -0.2) is 0 Å². The molecule has 0 amide bonds. The van der Waals surface area contributed by atoms with Crippen LogP contribution < -0.4 is 0 Å². The van der Waals surface area contributed by atoms with Crippen molar-refractivity contribution < 1.29 is 13.2 Å². The van der Waals surface area contributed by atoms with Crippen LogP contribution in [0.15, 0.2) is 45.3 Å². The van der Waals surface area contributed by atoms with Crippen LogP contribution in [0.2, 0.25) is 0 Å². The van der Waals surface area contributed by atoms with E-state index in [4.69, 9.17) is 11.6 Å². The zero-order valence-electron chi connectivity index (χ0n) is 10.8. The Morgan fingerprint density at radius 1 is 1.00 bits per heavy atom. The first-order valence-electron chi connectivity index (χ1n) is 5.97. The smallest absolute Gasteiger partial charge is 0.166 e. The van der Waals surface area contributed by atoms with E-state index in [-0.39, 0.29) is 5.56 Å². The van der Waals surface area contributed by atoms with Gasteiger partial charge in [0.05, 0.1) is 10.9 Å². The van der Waals surface area contributed by atoms with Crippen LogP contribution in [0.1, 0.15) is 27.6 Å². The van der Waals surface area contributed by atoms with Crippen molar-refractivity contribution >= 4 is 43.5 Å². The van der Waals surface area contributed by atoms with Gasteiger partial charge in [-0.15, -0.1) is 11.6 Å². The standard InChI is InChI=1S/C15H10Br2ClF3/c1-8-6-13(17)10(7-12(8)16)14(18)9-4-2-3-5-11(9)15(19,20)21/h2-7,14H,1H3. The molecule has 0 nitrogen and oxygen atoms in total. The summed E-state index contributed by atoms with van der Waals surface area (Å²) < 4.78 is 40.7. The fourth-order valence-electron chi connectivity index (χ4n) is 2.00. The largest absolute Gasteiger partial charge is 0.416 e. The van der Waals surface area contributed by atoms with Gasteiger partial charge in [-0.3, -0.25) is 0 Å². The topological polar surface area (TPSA) is 0 Å². The van der Waals surface area contributed by atoms with Crippen molar-refractivity contribution in [3.63, 3.8) is 0 Å². The summed E-state index contributed by atoms with van der Waals surface area (Å²) in [6.45, 7) is 1.89. The molecule has 0 spiro atoms. The number of rotatable bonds is 2. The molecule has 0 fully saturated rings. The minimum Gasteiger partial charge on any atom is -0.166 e. The van der Waals surface area contributed by atoms with Crippen LogP contribution in [0.3, 0.4) is 0 Å². The molecule has 0 saturated heterocycles. The fraction of sp³-hybridized carbons (Fsp3) is 0.200. The van der Waals surface area contributed by atoms with Gasteiger partial charge < -0.3 is 0 Å². The number of benzene rings is 2. The number of alkyl halides is 4. The Balaban J connectivity index is 2.56. The van der Waals surface area contributed by atoms with E-state index in [9.17, 15) is 13.2 Å². The molecule has 0 aliphatic carbocycles. The fourth-order valence-corrected chi connectivity index (χ4v) is 3.55. The summed E-state index contributed by atoms with van der Waals surface area (Å²) in [5.74, 6) is 0. The van der Waals surface area contributed by atoms with Crippen molar-refractivity contribution in [2.45, 2.75) is 18.5 Å². The SMILES string of the molecule is Cc1cc(Br)c(C(Cl)c2ccccc2C(F)(F)F)cc1Br. The van der Waals surface area contributed by atoms with Gasteiger partial charge in [0.15, 0.2) is 0 Å². The minimum absolute atomic E-state index is 0.0446. The van der Waals surface area contributed by atoms with Gasteiger partial charge in [0.1, 0.15) is 0 Å². The lowest BCUT2D eigenvalue weighted by atomic mass is 9.98. The maximum absolute atomic E-state index is 13.1. The van der Waals surface area contributed by atoms with Crippen molar-refractivity contribution in [2.75, 3.05) is 0 Å². The molecule has 0 N–H and O–H groups in total. The Kier molecular flexibility index (Phi) is 5.06. The average Bonchev–Trinajstić information content (AvgIpc) is 2.41. The van der Waals surface area contributed by atoms with Crippen LogP contribution in [-0.4, -0.2) is 0 Å². The second-order valence-corrected chi connectivity index (χ2v) is 6.72. The number of hydrogen-bond donors (Lipinski definition) is 0. The summed E-state index contributed by atoms with van der Waals surface area (Å²) >= 11 is 13.1. The van der Waals surface area contributed by atoms with Gasteiger partial charge in [-0.2, -0.15) is 13.2 Å². The Hall–Kier alpha value is -0.520. The lowest BCUT2D eigenvalue weighted by Crippen LogP contribution is -2.11. The van der Waals surface area contributed by atoms with Crippen LogP contribution in [0, 0.1) is 6.92 Å². The van der Waals surface area contributed by atoms with Gasteiger partial charge in [0, 0.05) is 8.95 Å². The highest BCUT2D eigenvalue weighted by Crippen LogP contribution is 2.42. The van der Waals surface area contributed by atoms with E-state index in [1.165, 1.54) is 12.1 Å².